The minimum atomic E-state index is -0.209. The van der Waals surface area contributed by atoms with Crippen molar-refractivity contribution in [2.75, 3.05) is 13.7 Å². The van der Waals surface area contributed by atoms with Crippen LogP contribution in [0.2, 0.25) is 0 Å². The number of esters is 1. The largest absolute Gasteiger partial charge is 0.494 e. The Hall–Kier alpha value is -1.55. The second-order valence-electron chi connectivity index (χ2n) is 4.57. The highest BCUT2D eigenvalue weighted by Crippen LogP contribution is 2.14. The lowest BCUT2D eigenvalue weighted by Crippen LogP contribution is -2.24. The maximum Gasteiger partial charge on any atom is 0.305 e. The lowest BCUT2D eigenvalue weighted by atomic mass is 10.0. The monoisotopic (exact) mass is 265 g/mol. The molecule has 106 valence electrons. The van der Waals surface area contributed by atoms with Crippen molar-refractivity contribution in [1.82, 2.24) is 0 Å². The molecule has 1 aromatic carbocycles. The zero-order chi connectivity index (χ0) is 14.1. The maximum absolute atomic E-state index is 11.0. The van der Waals surface area contributed by atoms with Crippen LogP contribution in [0, 0.1) is 0 Å². The number of hydrogen-bond acceptors (Lipinski definition) is 4. The van der Waals surface area contributed by atoms with Crippen LogP contribution >= 0.6 is 0 Å². The van der Waals surface area contributed by atoms with Crippen molar-refractivity contribution < 1.29 is 14.3 Å². The van der Waals surface area contributed by atoms with Gasteiger partial charge < -0.3 is 15.2 Å². The third-order valence-corrected chi connectivity index (χ3v) is 2.84. The molecule has 0 spiro atoms. The molecule has 1 aromatic rings. The maximum atomic E-state index is 11.0. The number of carbonyl (C=O) groups is 1. The number of benzene rings is 1. The average Bonchev–Trinajstić information content (AvgIpc) is 2.44. The van der Waals surface area contributed by atoms with Crippen molar-refractivity contribution in [3.8, 4) is 5.75 Å². The zero-order valence-electron chi connectivity index (χ0n) is 11.7. The van der Waals surface area contributed by atoms with Gasteiger partial charge in [0.05, 0.1) is 13.7 Å². The molecule has 1 rings (SSSR count). The second-order valence-corrected chi connectivity index (χ2v) is 4.57. The van der Waals surface area contributed by atoms with Gasteiger partial charge in [0.1, 0.15) is 5.75 Å². The Morgan fingerprint density at radius 1 is 1.32 bits per heavy atom. The number of ether oxygens (including phenoxy) is 2. The Balaban J connectivity index is 2.37. The van der Waals surface area contributed by atoms with Crippen LogP contribution in [0.5, 0.6) is 5.75 Å². The molecule has 2 N–H and O–H groups in total. The fraction of sp³-hybridized carbons (Fsp3) is 0.533. The minimum Gasteiger partial charge on any atom is -0.494 e. The molecule has 0 saturated carbocycles. The van der Waals surface area contributed by atoms with E-state index in [-0.39, 0.29) is 12.0 Å². The van der Waals surface area contributed by atoms with Crippen LogP contribution in [-0.2, 0) is 16.0 Å². The third kappa shape index (κ3) is 6.25. The van der Waals surface area contributed by atoms with Gasteiger partial charge in [-0.3, -0.25) is 4.79 Å². The van der Waals surface area contributed by atoms with Gasteiger partial charge in [0.2, 0.25) is 0 Å². The van der Waals surface area contributed by atoms with E-state index in [1.165, 1.54) is 7.11 Å². The number of hydrogen-bond donors (Lipinski definition) is 1. The van der Waals surface area contributed by atoms with Gasteiger partial charge >= 0.3 is 5.97 Å². The third-order valence-electron chi connectivity index (χ3n) is 2.84. The Morgan fingerprint density at radius 3 is 2.58 bits per heavy atom. The minimum absolute atomic E-state index is 0.0264. The smallest absolute Gasteiger partial charge is 0.305 e. The molecular formula is C15H23NO3. The fourth-order valence-electron chi connectivity index (χ4n) is 1.75. The summed E-state index contributed by atoms with van der Waals surface area (Å²) in [6, 6.07) is 7.92. The van der Waals surface area contributed by atoms with Crippen LogP contribution in [0.25, 0.3) is 0 Å². The molecule has 0 radical (unpaired) electrons. The molecular weight excluding hydrogens is 242 g/mol. The first-order valence-electron chi connectivity index (χ1n) is 6.69. The molecule has 0 bridgehead atoms. The molecule has 4 nitrogen and oxygen atoms in total. The first kappa shape index (κ1) is 15.5. The standard InChI is InChI=1S/C15H23NO3/c1-3-10-19-14-7-4-12(5-8-14)11-13(16)6-9-15(17)18-2/h4-5,7-8,13H,3,6,9-11,16H2,1-2H3. The second kappa shape index (κ2) is 8.53. The topological polar surface area (TPSA) is 61.5 Å². The lowest BCUT2D eigenvalue weighted by molar-refractivity contribution is -0.140. The van der Waals surface area contributed by atoms with E-state index in [4.69, 9.17) is 10.5 Å². The predicted octanol–water partition coefficient (Wildman–Crippen LogP) is 2.30. The van der Waals surface area contributed by atoms with Crippen LogP contribution in [-0.4, -0.2) is 25.7 Å². The molecule has 0 aliphatic heterocycles. The van der Waals surface area contributed by atoms with Gasteiger partial charge in [-0.05, 0) is 37.0 Å². The Labute approximate surface area is 114 Å². The summed E-state index contributed by atoms with van der Waals surface area (Å²) < 4.78 is 10.1. The fourth-order valence-corrected chi connectivity index (χ4v) is 1.75. The molecule has 0 aliphatic carbocycles. The van der Waals surface area contributed by atoms with E-state index in [9.17, 15) is 4.79 Å². The molecule has 1 unspecified atom stereocenters. The molecule has 4 heteroatoms. The van der Waals surface area contributed by atoms with Crippen LogP contribution in [0.4, 0.5) is 0 Å². The van der Waals surface area contributed by atoms with Crippen molar-refractivity contribution in [2.24, 2.45) is 5.73 Å². The molecule has 0 fully saturated rings. The van der Waals surface area contributed by atoms with E-state index in [0.29, 0.717) is 12.8 Å². The van der Waals surface area contributed by atoms with E-state index in [2.05, 4.69) is 11.7 Å². The summed E-state index contributed by atoms with van der Waals surface area (Å²) in [5.41, 5.74) is 7.14. The number of carbonyl (C=O) groups excluding carboxylic acids is 1. The average molecular weight is 265 g/mol. The highest BCUT2D eigenvalue weighted by Gasteiger charge is 2.08. The van der Waals surface area contributed by atoms with Gasteiger partial charge in [-0.2, -0.15) is 0 Å². The molecule has 0 amide bonds. The van der Waals surface area contributed by atoms with Crippen LogP contribution < -0.4 is 10.5 Å². The van der Waals surface area contributed by atoms with Gasteiger partial charge in [-0.1, -0.05) is 19.1 Å². The van der Waals surface area contributed by atoms with Gasteiger partial charge in [0, 0.05) is 12.5 Å². The van der Waals surface area contributed by atoms with E-state index < -0.39 is 0 Å². The van der Waals surface area contributed by atoms with E-state index in [1.807, 2.05) is 24.3 Å². The number of methoxy groups -OCH3 is 1. The van der Waals surface area contributed by atoms with Gasteiger partial charge in [0.15, 0.2) is 0 Å². The van der Waals surface area contributed by atoms with E-state index in [1.54, 1.807) is 0 Å². The Kier molecular flexibility index (Phi) is 6.97. The summed E-state index contributed by atoms with van der Waals surface area (Å²) in [7, 11) is 1.39. The van der Waals surface area contributed by atoms with Crippen LogP contribution in [0.1, 0.15) is 31.7 Å². The lowest BCUT2D eigenvalue weighted by Gasteiger charge is -2.11. The first-order valence-corrected chi connectivity index (χ1v) is 6.69. The summed E-state index contributed by atoms with van der Waals surface area (Å²) in [4.78, 5) is 11.0. The summed E-state index contributed by atoms with van der Waals surface area (Å²) in [5.74, 6) is 0.674. The zero-order valence-corrected chi connectivity index (χ0v) is 11.7. The molecule has 0 aliphatic rings. The van der Waals surface area contributed by atoms with E-state index >= 15 is 0 Å². The molecule has 0 saturated heterocycles. The SMILES string of the molecule is CCCOc1ccc(CC(N)CCC(=O)OC)cc1. The molecule has 0 heterocycles. The summed E-state index contributed by atoms with van der Waals surface area (Å²) in [5, 5.41) is 0. The van der Waals surface area contributed by atoms with Gasteiger partial charge in [-0.25, -0.2) is 0 Å². The highest BCUT2D eigenvalue weighted by atomic mass is 16.5. The highest BCUT2D eigenvalue weighted by molar-refractivity contribution is 5.69. The van der Waals surface area contributed by atoms with Crippen molar-refractivity contribution in [3.05, 3.63) is 29.8 Å². The summed E-state index contributed by atoms with van der Waals surface area (Å²) >= 11 is 0. The normalized spacial score (nSPS) is 11.9. The molecule has 1 atom stereocenters. The van der Waals surface area contributed by atoms with Crippen LogP contribution in [0.3, 0.4) is 0 Å². The summed E-state index contributed by atoms with van der Waals surface area (Å²) in [6.45, 7) is 2.81. The van der Waals surface area contributed by atoms with Crippen molar-refractivity contribution in [3.63, 3.8) is 0 Å². The number of rotatable bonds is 8. The Bertz CT molecular complexity index is 375. The molecule has 19 heavy (non-hydrogen) atoms. The summed E-state index contributed by atoms with van der Waals surface area (Å²) in [6.07, 6.45) is 2.77. The van der Waals surface area contributed by atoms with E-state index in [0.717, 1.165) is 30.8 Å². The predicted molar refractivity (Wildman–Crippen MR) is 75.2 cm³/mol. The van der Waals surface area contributed by atoms with Crippen molar-refractivity contribution in [2.45, 2.75) is 38.6 Å². The van der Waals surface area contributed by atoms with Crippen LogP contribution in [0.15, 0.2) is 24.3 Å². The van der Waals surface area contributed by atoms with Gasteiger partial charge in [-0.15, -0.1) is 0 Å². The molecule has 0 aromatic heterocycles. The first-order chi connectivity index (χ1) is 9.15. The number of nitrogens with two attached hydrogens (primary N) is 1. The Morgan fingerprint density at radius 2 is 2.00 bits per heavy atom. The quantitative estimate of drug-likeness (QED) is 0.733. The van der Waals surface area contributed by atoms with Crippen molar-refractivity contribution >= 4 is 5.97 Å². The van der Waals surface area contributed by atoms with Crippen molar-refractivity contribution in [1.29, 1.82) is 0 Å². The van der Waals surface area contributed by atoms with Gasteiger partial charge in [0.25, 0.3) is 0 Å².